The van der Waals surface area contributed by atoms with Crippen LogP contribution in [0.5, 0.6) is 0 Å². The summed E-state index contributed by atoms with van der Waals surface area (Å²) in [6.07, 6.45) is 8.95. The molecule has 1 aromatic rings. The number of ether oxygens (including phenoxy) is 2. The maximum atomic E-state index is 13.1. The largest absolute Gasteiger partial charge is 0.462 e. The Labute approximate surface area is 233 Å². The predicted molar refractivity (Wildman–Crippen MR) is 153 cm³/mol. The van der Waals surface area contributed by atoms with Gasteiger partial charge in [0.05, 0.1) is 23.9 Å². The Balaban J connectivity index is 2.06. The van der Waals surface area contributed by atoms with Crippen LogP contribution >= 0.6 is 0 Å². The standard InChI is InChI=1S/C32H46O7/c1-21(2)29-13-7-6-10-23(4)30(14-9-15-31(36)38-29)39-32(37)26-12-8-11-25(20-26)17-16-22(3)18-27(34)28(35)19-24(5)33/h6-8,11-12,16-18,20-21,23-24,27-30,33-35H,9-10,13-15,19H2,1-5H3/b7-6+,17-16+,22-18+. The summed E-state index contributed by atoms with van der Waals surface area (Å²) in [5, 5.41) is 29.5. The molecule has 216 valence electrons. The molecule has 0 aliphatic carbocycles. The van der Waals surface area contributed by atoms with Gasteiger partial charge in [0, 0.05) is 19.3 Å². The van der Waals surface area contributed by atoms with E-state index in [1.165, 1.54) is 6.08 Å². The average Bonchev–Trinajstić information content (AvgIpc) is 2.87. The van der Waals surface area contributed by atoms with Gasteiger partial charge in [0.25, 0.3) is 0 Å². The molecule has 0 saturated carbocycles. The van der Waals surface area contributed by atoms with E-state index in [4.69, 9.17) is 9.47 Å². The molecule has 1 heterocycles. The lowest BCUT2D eigenvalue weighted by atomic mass is 9.94. The minimum Gasteiger partial charge on any atom is -0.462 e. The molecule has 7 heteroatoms. The highest BCUT2D eigenvalue weighted by atomic mass is 16.5. The lowest BCUT2D eigenvalue weighted by Gasteiger charge is -2.25. The topological polar surface area (TPSA) is 113 Å². The Hall–Kier alpha value is -2.74. The minimum absolute atomic E-state index is 0.0808. The first-order valence-electron chi connectivity index (χ1n) is 14.0. The molecule has 1 aliphatic heterocycles. The van der Waals surface area contributed by atoms with E-state index in [0.29, 0.717) is 31.2 Å². The van der Waals surface area contributed by atoms with Crippen LogP contribution in [0.4, 0.5) is 0 Å². The highest BCUT2D eigenvalue weighted by molar-refractivity contribution is 5.90. The Morgan fingerprint density at radius 1 is 1.15 bits per heavy atom. The lowest BCUT2D eigenvalue weighted by Crippen LogP contribution is -2.27. The minimum atomic E-state index is -1.09. The van der Waals surface area contributed by atoms with Gasteiger partial charge in [-0.05, 0) is 62.6 Å². The van der Waals surface area contributed by atoms with Gasteiger partial charge in [0.15, 0.2) is 0 Å². The van der Waals surface area contributed by atoms with Crippen molar-refractivity contribution >= 4 is 18.0 Å². The molecule has 0 aromatic heterocycles. The third-order valence-corrected chi connectivity index (χ3v) is 6.90. The normalized spacial score (nSPS) is 24.8. The van der Waals surface area contributed by atoms with E-state index in [2.05, 4.69) is 26.8 Å². The SMILES string of the molecule is CC(/C=C/c1cccc(C(=O)OC2CCCC(=O)OC(C(C)C)C/C=C/CC2C)c1)=C\C(O)C(O)CC(C)O. The van der Waals surface area contributed by atoms with Crippen molar-refractivity contribution in [2.75, 3.05) is 0 Å². The number of esters is 2. The van der Waals surface area contributed by atoms with Crippen molar-refractivity contribution in [1.29, 1.82) is 0 Å². The molecule has 1 aliphatic rings. The third kappa shape index (κ3) is 11.9. The lowest BCUT2D eigenvalue weighted by molar-refractivity contribution is -0.151. The molecular weight excluding hydrogens is 496 g/mol. The van der Waals surface area contributed by atoms with Gasteiger partial charge >= 0.3 is 11.9 Å². The Morgan fingerprint density at radius 3 is 2.56 bits per heavy atom. The molecule has 1 aromatic carbocycles. The second kappa shape index (κ2) is 16.4. The molecule has 6 unspecified atom stereocenters. The van der Waals surface area contributed by atoms with E-state index in [1.807, 2.05) is 18.2 Å². The summed E-state index contributed by atoms with van der Waals surface area (Å²) in [6.45, 7) is 9.52. The average molecular weight is 543 g/mol. The number of aliphatic hydroxyl groups excluding tert-OH is 3. The fourth-order valence-corrected chi connectivity index (χ4v) is 4.41. The zero-order chi connectivity index (χ0) is 28.9. The zero-order valence-electron chi connectivity index (χ0n) is 24.0. The molecule has 0 saturated heterocycles. The van der Waals surface area contributed by atoms with Crippen LogP contribution in [0.1, 0.15) is 89.1 Å². The Morgan fingerprint density at radius 2 is 1.87 bits per heavy atom. The van der Waals surface area contributed by atoms with Crippen LogP contribution in [0.3, 0.4) is 0 Å². The van der Waals surface area contributed by atoms with Crippen LogP contribution in [0.15, 0.2) is 54.1 Å². The van der Waals surface area contributed by atoms with Crippen LogP contribution in [-0.2, 0) is 14.3 Å². The van der Waals surface area contributed by atoms with Gasteiger partial charge in [-0.15, -0.1) is 0 Å². The highest BCUT2D eigenvalue weighted by Gasteiger charge is 2.24. The molecule has 6 atom stereocenters. The summed E-state index contributed by atoms with van der Waals surface area (Å²) in [7, 11) is 0. The van der Waals surface area contributed by atoms with E-state index in [1.54, 1.807) is 38.1 Å². The number of allylic oxidation sites excluding steroid dienone is 3. The number of aliphatic hydroxyl groups is 3. The van der Waals surface area contributed by atoms with E-state index in [0.717, 1.165) is 17.6 Å². The van der Waals surface area contributed by atoms with Crippen LogP contribution in [0, 0.1) is 11.8 Å². The van der Waals surface area contributed by atoms with Crippen LogP contribution in [-0.4, -0.2) is 57.8 Å². The van der Waals surface area contributed by atoms with Crippen molar-refractivity contribution in [2.24, 2.45) is 11.8 Å². The third-order valence-electron chi connectivity index (χ3n) is 6.90. The van der Waals surface area contributed by atoms with E-state index in [9.17, 15) is 24.9 Å². The van der Waals surface area contributed by atoms with E-state index < -0.39 is 24.3 Å². The summed E-state index contributed by atoms with van der Waals surface area (Å²) in [6, 6.07) is 7.10. The molecule has 3 N–H and O–H groups in total. The van der Waals surface area contributed by atoms with Crippen molar-refractivity contribution in [3.63, 3.8) is 0 Å². The van der Waals surface area contributed by atoms with Gasteiger partial charge in [-0.25, -0.2) is 4.79 Å². The van der Waals surface area contributed by atoms with Crippen molar-refractivity contribution in [1.82, 2.24) is 0 Å². The summed E-state index contributed by atoms with van der Waals surface area (Å²) < 4.78 is 11.6. The van der Waals surface area contributed by atoms with E-state index >= 15 is 0 Å². The fourth-order valence-electron chi connectivity index (χ4n) is 4.41. The number of rotatable bonds is 9. The zero-order valence-corrected chi connectivity index (χ0v) is 24.0. The number of hydrogen-bond acceptors (Lipinski definition) is 7. The molecule has 0 bridgehead atoms. The van der Waals surface area contributed by atoms with Gasteiger partial charge in [0.1, 0.15) is 12.2 Å². The van der Waals surface area contributed by atoms with Gasteiger partial charge in [-0.3, -0.25) is 4.79 Å². The summed E-state index contributed by atoms with van der Waals surface area (Å²) >= 11 is 0. The van der Waals surface area contributed by atoms with Crippen molar-refractivity contribution in [2.45, 2.75) is 104 Å². The molecule has 7 nitrogen and oxygen atoms in total. The van der Waals surface area contributed by atoms with Gasteiger partial charge in [-0.1, -0.05) is 68.9 Å². The first-order chi connectivity index (χ1) is 18.5. The predicted octanol–water partition coefficient (Wildman–Crippen LogP) is 5.39. The molecular formula is C32H46O7. The molecule has 0 radical (unpaired) electrons. The van der Waals surface area contributed by atoms with E-state index in [-0.39, 0.29) is 36.4 Å². The summed E-state index contributed by atoms with van der Waals surface area (Å²) in [5.41, 5.74) is 1.95. The van der Waals surface area contributed by atoms with Crippen LogP contribution in [0.2, 0.25) is 0 Å². The van der Waals surface area contributed by atoms with Crippen molar-refractivity contribution in [3.05, 3.63) is 65.3 Å². The number of cyclic esters (lactones) is 1. The monoisotopic (exact) mass is 542 g/mol. The molecule has 0 amide bonds. The molecule has 39 heavy (non-hydrogen) atoms. The summed E-state index contributed by atoms with van der Waals surface area (Å²) in [5.74, 6) is -0.276. The molecule has 2 rings (SSSR count). The van der Waals surface area contributed by atoms with Crippen molar-refractivity contribution in [3.8, 4) is 0 Å². The first kappa shape index (κ1) is 32.5. The molecule has 0 spiro atoms. The molecule has 0 fully saturated rings. The highest BCUT2D eigenvalue weighted by Crippen LogP contribution is 2.23. The number of hydrogen-bond donors (Lipinski definition) is 3. The maximum Gasteiger partial charge on any atom is 0.338 e. The first-order valence-corrected chi connectivity index (χ1v) is 14.0. The second-order valence-corrected chi connectivity index (χ2v) is 11.0. The van der Waals surface area contributed by atoms with Gasteiger partial charge in [-0.2, -0.15) is 0 Å². The number of carbonyl (C=O) groups excluding carboxylic acids is 2. The number of carbonyl (C=O) groups is 2. The van der Waals surface area contributed by atoms with Crippen molar-refractivity contribution < 1.29 is 34.4 Å². The quantitative estimate of drug-likeness (QED) is 0.218. The number of benzene rings is 1. The van der Waals surface area contributed by atoms with Crippen LogP contribution < -0.4 is 0 Å². The van der Waals surface area contributed by atoms with Crippen LogP contribution in [0.25, 0.3) is 6.08 Å². The smallest absolute Gasteiger partial charge is 0.338 e. The fraction of sp³-hybridized carbons (Fsp3) is 0.562. The van der Waals surface area contributed by atoms with Gasteiger partial charge < -0.3 is 24.8 Å². The maximum absolute atomic E-state index is 13.1. The summed E-state index contributed by atoms with van der Waals surface area (Å²) in [4.78, 5) is 25.4. The van der Waals surface area contributed by atoms with Gasteiger partial charge in [0.2, 0.25) is 0 Å². The second-order valence-electron chi connectivity index (χ2n) is 11.0. The Kier molecular flexibility index (Phi) is 13.6. The Bertz CT molecular complexity index is 1010.